The Kier molecular flexibility index (Phi) is 2.74. The number of aliphatic carboxylic acids is 1. The lowest BCUT2D eigenvalue weighted by Crippen LogP contribution is -2.57. The molecule has 1 aliphatic heterocycles. The zero-order valence-electron chi connectivity index (χ0n) is 8.57. The molecule has 4 heteroatoms. The maximum Gasteiger partial charge on any atom is 0.304 e. The molecule has 80 valence electrons. The Labute approximate surface area is 84.3 Å². The summed E-state index contributed by atoms with van der Waals surface area (Å²) < 4.78 is 0. The molecule has 2 rings (SSSR count). The fourth-order valence-corrected chi connectivity index (χ4v) is 2.44. The van der Waals surface area contributed by atoms with Crippen molar-refractivity contribution in [2.75, 3.05) is 13.1 Å². The highest BCUT2D eigenvalue weighted by atomic mass is 16.4. The summed E-state index contributed by atoms with van der Waals surface area (Å²) >= 11 is 0. The predicted molar refractivity (Wildman–Crippen MR) is 53.2 cm³/mol. The van der Waals surface area contributed by atoms with Crippen molar-refractivity contribution < 1.29 is 9.90 Å². The number of hydrogen-bond acceptors (Lipinski definition) is 3. The van der Waals surface area contributed by atoms with Crippen LogP contribution in [0.1, 0.15) is 26.2 Å². The molecular formula is C10H18N2O2. The number of nitrogens with one attached hydrogen (secondary N) is 1. The second-order valence-corrected chi connectivity index (χ2v) is 4.44. The highest BCUT2D eigenvalue weighted by Gasteiger charge is 2.39. The van der Waals surface area contributed by atoms with Crippen LogP contribution in [0, 0.1) is 0 Å². The van der Waals surface area contributed by atoms with E-state index in [9.17, 15) is 4.79 Å². The lowest BCUT2D eigenvalue weighted by Gasteiger charge is -2.40. The van der Waals surface area contributed by atoms with Gasteiger partial charge in [-0.15, -0.1) is 0 Å². The highest BCUT2D eigenvalue weighted by molar-refractivity contribution is 5.67. The summed E-state index contributed by atoms with van der Waals surface area (Å²) in [5, 5.41) is 12.1. The Morgan fingerprint density at radius 1 is 1.50 bits per heavy atom. The molecular weight excluding hydrogens is 180 g/mol. The normalized spacial score (nSPS) is 34.4. The van der Waals surface area contributed by atoms with Gasteiger partial charge in [-0.3, -0.25) is 9.69 Å². The number of carboxylic acid groups (broad SMARTS) is 1. The van der Waals surface area contributed by atoms with E-state index in [2.05, 4.69) is 17.1 Å². The minimum atomic E-state index is -0.684. The van der Waals surface area contributed by atoms with Crippen molar-refractivity contribution in [3.63, 3.8) is 0 Å². The molecule has 0 aromatic rings. The molecule has 2 atom stereocenters. The summed E-state index contributed by atoms with van der Waals surface area (Å²) in [6, 6.07) is 1.35. The van der Waals surface area contributed by atoms with E-state index in [4.69, 9.17) is 5.11 Å². The van der Waals surface area contributed by atoms with Gasteiger partial charge >= 0.3 is 5.97 Å². The molecule has 0 spiro atoms. The molecule has 0 radical (unpaired) electrons. The average Bonchev–Trinajstić information content (AvgIpc) is 2.86. The summed E-state index contributed by atoms with van der Waals surface area (Å²) in [5.41, 5.74) is 0. The Hall–Kier alpha value is -0.610. The van der Waals surface area contributed by atoms with Gasteiger partial charge in [0.2, 0.25) is 0 Å². The summed E-state index contributed by atoms with van der Waals surface area (Å²) in [5.74, 6) is -0.684. The first-order valence-corrected chi connectivity index (χ1v) is 5.38. The van der Waals surface area contributed by atoms with Crippen molar-refractivity contribution in [2.24, 2.45) is 0 Å². The van der Waals surface area contributed by atoms with Gasteiger partial charge in [-0.2, -0.15) is 0 Å². The Balaban J connectivity index is 1.99. The molecule has 2 unspecified atom stereocenters. The quantitative estimate of drug-likeness (QED) is 0.684. The molecule has 0 bridgehead atoms. The topological polar surface area (TPSA) is 52.6 Å². The number of carboxylic acids is 1. The molecule has 0 aromatic carbocycles. The molecule has 4 nitrogen and oxygen atoms in total. The van der Waals surface area contributed by atoms with Crippen LogP contribution in [0.3, 0.4) is 0 Å². The Morgan fingerprint density at radius 2 is 2.21 bits per heavy atom. The van der Waals surface area contributed by atoms with Crippen LogP contribution in [0.15, 0.2) is 0 Å². The highest BCUT2D eigenvalue weighted by Crippen LogP contribution is 2.32. The fourth-order valence-electron chi connectivity index (χ4n) is 2.44. The third-order valence-electron chi connectivity index (χ3n) is 3.13. The maximum atomic E-state index is 10.7. The van der Waals surface area contributed by atoms with Crippen molar-refractivity contribution in [2.45, 2.75) is 44.3 Å². The number of rotatable bonds is 3. The van der Waals surface area contributed by atoms with E-state index in [-0.39, 0.29) is 12.5 Å². The van der Waals surface area contributed by atoms with Crippen molar-refractivity contribution >= 4 is 5.97 Å². The van der Waals surface area contributed by atoms with Crippen LogP contribution in [0.2, 0.25) is 0 Å². The molecule has 2 N–H and O–H groups in total. The van der Waals surface area contributed by atoms with Crippen LogP contribution in [0.25, 0.3) is 0 Å². The standard InChI is InChI=1S/C10H18N2O2/c1-7-5-11-6-9(4-10(13)14)12(7)8-2-3-8/h7-9,11H,2-6H2,1H3,(H,13,14). The van der Waals surface area contributed by atoms with E-state index in [1.165, 1.54) is 12.8 Å². The Morgan fingerprint density at radius 3 is 2.79 bits per heavy atom. The molecule has 0 amide bonds. The molecule has 1 heterocycles. The van der Waals surface area contributed by atoms with Gasteiger partial charge in [0.25, 0.3) is 0 Å². The number of hydrogen-bond donors (Lipinski definition) is 2. The molecule has 2 aliphatic rings. The van der Waals surface area contributed by atoms with Crippen LogP contribution in [0.5, 0.6) is 0 Å². The summed E-state index contributed by atoms with van der Waals surface area (Å²) in [6.07, 6.45) is 2.77. The second kappa shape index (κ2) is 3.87. The van der Waals surface area contributed by atoms with Crippen LogP contribution >= 0.6 is 0 Å². The number of carbonyl (C=O) groups is 1. The van der Waals surface area contributed by atoms with E-state index in [1.54, 1.807) is 0 Å². The van der Waals surface area contributed by atoms with E-state index in [1.807, 2.05) is 0 Å². The van der Waals surface area contributed by atoms with Gasteiger partial charge in [0.05, 0.1) is 6.42 Å². The fraction of sp³-hybridized carbons (Fsp3) is 0.900. The van der Waals surface area contributed by atoms with Gasteiger partial charge in [0.1, 0.15) is 0 Å². The number of nitrogens with zero attached hydrogens (tertiary/aromatic N) is 1. The molecule has 0 aromatic heterocycles. The van der Waals surface area contributed by atoms with Crippen LogP contribution in [0.4, 0.5) is 0 Å². The van der Waals surface area contributed by atoms with Gasteiger partial charge < -0.3 is 10.4 Å². The number of piperazine rings is 1. The lowest BCUT2D eigenvalue weighted by atomic mass is 10.1. The van der Waals surface area contributed by atoms with Gasteiger partial charge in [-0.25, -0.2) is 0 Å². The van der Waals surface area contributed by atoms with E-state index >= 15 is 0 Å². The first-order chi connectivity index (χ1) is 6.68. The molecule has 2 fully saturated rings. The minimum absolute atomic E-state index is 0.198. The van der Waals surface area contributed by atoms with Crippen LogP contribution in [-0.2, 0) is 4.79 Å². The maximum absolute atomic E-state index is 10.7. The zero-order chi connectivity index (χ0) is 10.1. The zero-order valence-corrected chi connectivity index (χ0v) is 8.57. The largest absolute Gasteiger partial charge is 0.481 e. The van der Waals surface area contributed by atoms with E-state index in [0.29, 0.717) is 12.1 Å². The Bertz CT molecular complexity index is 228. The average molecular weight is 198 g/mol. The predicted octanol–water partition coefficient (Wildman–Crippen LogP) is 0.286. The van der Waals surface area contributed by atoms with Gasteiger partial charge in [-0.1, -0.05) is 0 Å². The minimum Gasteiger partial charge on any atom is -0.481 e. The van der Waals surface area contributed by atoms with Crippen LogP contribution < -0.4 is 5.32 Å². The van der Waals surface area contributed by atoms with Crippen molar-refractivity contribution in [1.29, 1.82) is 0 Å². The van der Waals surface area contributed by atoms with Crippen molar-refractivity contribution in [3.8, 4) is 0 Å². The summed E-state index contributed by atoms with van der Waals surface area (Å²) in [7, 11) is 0. The third-order valence-corrected chi connectivity index (χ3v) is 3.13. The summed E-state index contributed by atoms with van der Waals surface area (Å²) in [4.78, 5) is 13.1. The first-order valence-electron chi connectivity index (χ1n) is 5.38. The first kappa shape index (κ1) is 9.93. The lowest BCUT2D eigenvalue weighted by molar-refractivity contribution is -0.139. The monoisotopic (exact) mass is 198 g/mol. The van der Waals surface area contributed by atoms with Gasteiger partial charge in [0, 0.05) is 31.2 Å². The molecule has 1 aliphatic carbocycles. The molecule has 1 saturated heterocycles. The molecule has 1 saturated carbocycles. The van der Waals surface area contributed by atoms with Gasteiger partial charge in [0.15, 0.2) is 0 Å². The second-order valence-electron chi connectivity index (χ2n) is 4.44. The smallest absolute Gasteiger partial charge is 0.304 e. The third kappa shape index (κ3) is 2.07. The summed E-state index contributed by atoms with van der Waals surface area (Å²) in [6.45, 7) is 4.00. The SMILES string of the molecule is CC1CNCC(CC(=O)O)N1C1CC1. The molecule has 14 heavy (non-hydrogen) atoms. The van der Waals surface area contributed by atoms with Crippen molar-refractivity contribution in [3.05, 3.63) is 0 Å². The van der Waals surface area contributed by atoms with Crippen LogP contribution in [-0.4, -0.2) is 47.2 Å². The van der Waals surface area contributed by atoms with E-state index in [0.717, 1.165) is 13.1 Å². The van der Waals surface area contributed by atoms with Crippen molar-refractivity contribution in [1.82, 2.24) is 10.2 Å². The van der Waals surface area contributed by atoms with Gasteiger partial charge in [-0.05, 0) is 19.8 Å². The van der Waals surface area contributed by atoms with E-state index < -0.39 is 5.97 Å².